The highest BCUT2D eigenvalue weighted by Gasteiger charge is 2.20. The fourth-order valence-corrected chi connectivity index (χ4v) is 0.941. The van der Waals surface area contributed by atoms with Crippen molar-refractivity contribution in [1.82, 2.24) is 5.32 Å². The summed E-state index contributed by atoms with van der Waals surface area (Å²) in [5.41, 5.74) is 0. The molecule has 0 aromatic heterocycles. The number of carbonyl (C=O) groups excluding carboxylic acids is 1. The highest BCUT2D eigenvalue weighted by molar-refractivity contribution is 5.71. The van der Waals surface area contributed by atoms with Gasteiger partial charge in [0.15, 0.2) is 0 Å². The molecule has 0 saturated heterocycles. The third kappa shape index (κ3) is 3.98. The van der Waals surface area contributed by atoms with Crippen molar-refractivity contribution >= 4 is 5.97 Å². The lowest BCUT2D eigenvalue weighted by atomic mass is 10.3. The first-order valence-electron chi connectivity index (χ1n) is 4.13. The molecule has 0 aliphatic heterocycles. The molecule has 0 aromatic rings. The van der Waals surface area contributed by atoms with Gasteiger partial charge in [-0.05, 0) is 19.4 Å². The third-order valence-electron chi connectivity index (χ3n) is 1.81. The average Bonchev–Trinajstić information content (AvgIpc) is 2.72. The third-order valence-corrected chi connectivity index (χ3v) is 1.81. The van der Waals surface area contributed by atoms with Crippen LogP contribution in [0.4, 0.5) is 0 Å². The molecule has 1 fully saturated rings. The molecule has 3 heteroatoms. The maximum absolute atomic E-state index is 10.8. The van der Waals surface area contributed by atoms with Crippen LogP contribution in [-0.2, 0) is 9.53 Å². The molecule has 0 atom stereocenters. The van der Waals surface area contributed by atoms with E-state index in [2.05, 4.69) is 5.32 Å². The van der Waals surface area contributed by atoms with E-state index in [0.29, 0.717) is 13.2 Å². The quantitative estimate of drug-likeness (QED) is 0.592. The van der Waals surface area contributed by atoms with Crippen molar-refractivity contribution in [2.75, 3.05) is 20.2 Å². The summed E-state index contributed by atoms with van der Waals surface area (Å²) in [6.07, 6.45) is 3.70. The second kappa shape index (κ2) is 4.34. The zero-order valence-corrected chi connectivity index (χ0v) is 6.93. The van der Waals surface area contributed by atoms with E-state index < -0.39 is 0 Å². The van der Waals surface area contributed by atoms with Crippen molar-refractivity contribution in [3.8, 4) is 0 Å². The van der Waals surface area contributed by atoms with Crippen LogP contribution in [0.25, 0.3) is 0 Å². The Kier molecular flexibility index (Phi) is 3.36. The van der Waals surface area contributed by atoms with E-state index in [1.807, 2.05) is 0 Å². The van der Waals surface area contributed by atoms with Crippen molar-refractivity contribution in [3.05, 3.63) is 0 Å². The first-order valence-corrected chi connectivity index (χ1v) is 4.13. The largest absolute Gasteiger partial charge is 0.465 e. The summed E-state index contributed by atoms with van der Waals surface area (Å²) in [5.74, 6) is 0.700. The van der Waals surface area contributed by atoms with Crippen molar-refractivity contribution in [2.24, 2.45) is 5.92 Å². The molecule has 1 saturated carbocycles. The Morgan fingerprint density at radius 3 is 2.91 bits per heavy atom. The van der Waals surface area contributed by atoms with Crippen LogP contribution in [0.1, 0.15) is 19.3 Å². The van der Waals surface area contributed by atoms with Gasteiger partial charge < -0.3 is 10.1 Å². The van der Waals surface area contributed by atoms with Gasteiger partial charge in [0.05, 0.1) is 13.2 Å². The van der Waals surface area contributed by atoms with E-state index in [1.54, 1.807) is 7.05 Å². The Hall–Kier alpha value is -0.570. The fourth-order valence-electron chi connectivity index (χ4n) is 0.941. The molecule has 0 amide bonds. The Morgan fingerprint density at radius 1 is 1.64 bits per heavy atom. The van der Waals surface area contributed by atoms with Crippen LogP contribution in [0.15, 0.2) is 0 Å². The van der Waals surface area contributed by atoms with Crippen LogP contribution in [0.3, 0.4) is 0 Å². The summed E-state index contributed by atoms with van der Waals surface area (Å²) >= 11 is 0. The van der Waals surface area contributed by atoms with Crippen molar-refractivity contribution in [2.45, 2.75) is 19.3 Å². The summed E-state index contributed by atoms with van der Waals surface area (Å²) < 4.78 is 4.93. The SMILES string of the molecule is CNCC(=O)OCCC1CC1. The minimum atomic E-state index is -0.145. The van der Waals surface area contributed by atoms with Gasteiger partial charge in [-0.1, -0.05) is 12.8 Å². The summed E-state index contributed by atoms with van der Waals surface area (Å²) in [5, 5.41) is 2.75. The van der Waals surface area contributed by atoms with Gasteiger partial charge in [-0.25, -0.2) is 0 Å². The molecule has 1 N–H and O–H groups in total. The van der Waals surface area contributed by atoms with Crippen LogP contribution in [-0.4, -0.2) is 26.2 Å². The van der Waals surface area contributed by atoms with Crippen LogP contribution in [0.2, 0.25) is 0 Å². The van der Waals surface area contributed by atoms with Gasteiger partial charge >= 0.3 is 5.97 Å². The number of carbonyl (C=O) groups is 1. The Balaban J connectivity index is 1.88. The normalized spacial score (nSPS) is 16.5. The molecular weight excluding hydrogens is 142 g/mol. The van der Waals surface area contributed by atoms with E-state index in [9.17, 15) is 4.79 Å². The molecule has 1 aliphatic carbocycles. The predicted octanol–water partition coefficient (Wildman–Crippen LogP) is 0.549. The molecule has 0 spiro atoms. The molecule has 0 bridgehead atoms. The summed E-state index contributed by atoms with van der Waals surface area (Å²) in [4.78, 5) is 10.8. The maximum Gasteiger partial charge on any atom is 0.319 e. The predicted molar refractivity (Wildman–Crippen MR) is 42.2 cm³/mol. The molecule has 0 unspecified atom stereocenters. The number of rotatable bonds is 5. The molecule has 64 valence electrons. The Labute approximate surface area is 67.1 Å². The molecule has 0 heterocycles. The van der Waals surface area contributed by atoms with E-state index in [-0.39, 0.29) is 5.97 Å². The van der Waals surface area contributed by atoms with E-state index in [4.69, 9.17) is 4.74 Å². The topological polar surface area (TPSA) is 38.3 Å². The monoisotopic (exact) mass is 157 g/mol. The first kappa shape index (κ1) is 8.53. The first-order chi connectivity index (χ1) is 5.33. The molecular formula is C8H15NO2. The summed E-state index contributed by atoms with van der Waals surface area (Å²) in [7, 11) is 1.74. The molecule has 0 aromatic carbocycles. The van der Waals surface area contributed by atoms with Crippen molar-refractivity contribution in [1.29, 1.82) is 0 Å². The van der Waals surface area contributed by atoms with Gasteiger partial charge in [-0.2, -0.15) is 0 Å². The van der Waals surface area contributed by atoms with Gasteiger partial charge in [-0.3, -0.25) is 4.79 Å². The number of likely N-dealkylation sites (N-methyl/N-ethyl adjacent to an activating group) is 1. The van der Waals surface area contributed by atoms with E-state index in [0.717, 1.165) is 12.3 Å². The number of nitrogens with one attached hydrogen (secondary N) is 1. The zero-order valence-electron chi connectivity index (χ0n) is 6.93. The molecule has 11 heavy (non-hydrogen) atoms. The van der Waals surface area contributed by atoms with Gasteiger partial charge in [0, 0.05) is 0 Å². The number of ether oxygens (including phenoxy) is 1. The van der Waals surface area contributed by atoms with Crippen molar-refractivity contribution < 1.29 is 9.53 Å². The molecule has 0 radical (unpaired) electrons. The smallest absolute Gasteiger partial charge is 0.319 e. The number of hydrogen-bond acceptors (Lipinski definition) is 3. The fraction of sp³-hybridized carbons (Fsp3) is 0.875. The Morgan fingerprint density at radius 2 is 2.36 bits per heavy atom. The van der Waals surface area contributed by atoms with Gasteiger partial charge in [0.2, 0.25) is 0 Å². The second-order valence-electron chi connectivity index (χ2n) is 2.98. The summed E-state index contributed by atoms with van der Waals surface area (Å²) in [6, 6.07) is 0. The number of hydrogen-bond donors (Lipinski definition) is 1. The van der Waals surface area contributed by atoms with Gasteiger partial charge in [0.1, 0.15) is 0 Å². The molecule has 1 rings (SSSR count). The molecule has 1 aliphatic rings. The second-order valence-corrected chi connectivity index (χ2v) is 2.98. The maximum atomic E-state index is 10.8. The van der Waals surface area contributed by atoms with Crippen LogP contribution >= 0.6 is 0 Å². The van der Waals surface area contributed by atoms with Crippen LogP contribution < -0.4 is 5.32 Å². The highest BCUT2D eigenvalue weighted by atomic mass is 16.5. The number of esters is 1. The lowest BCUT2D eigenvalue weighted by Gasteiger charge is -2.02. The lowest BCUT2D eigenvalue weighted by molar-refractivity contribution is -0.142. The van der Waals surface area contributed by atoms with Gasteiger partial charge in [-0.15, -0.1) is 0 Å². The lowest BCUT2D eigenvalue weighted by Crippen LogP contribution is -2.21. The minimum absolute atomic E-state index is 0.145. The van der Waals surface area contributed by atoms with Crippen LogP contribution in [0, 0.1) is 5.92 Å². The van der Waals surface area contributed by atoms with Gasteiger partial charge in [0.25, 0.3) is 0 Å². The average molecular weight is 157 g/mol. The highest BCUT2D eigenvalue weighted by Crippen LogP contribution is 2.31. The van der Waals surface area contributed by atoms with Crippen LogP contribution in [0.5, 0.6) is 0 Å². The van der Waals surface area contributed by atoms with E-state index in [1.165, 1.54) is 12.8 Å². The standard InChI is InChI=1S/C8H15NO2/c1-9-6-8(10)11-5-4-7-2-3-7/h7,9H,2-6H2,1H3. The van der Waals surface area contributed by atoms with E-state index >= 15 is 0 Å². The minimum Gasteiger partial charge on any atom is -0.465 e. The zero-order chi connectivity index (χ0) is 8.10. The Bertz CT molecular complexity index is 132. The summed E-state index contributed by atoms with van der Waals surface area (Å²) in [6.45, 7) is 0.926. The molecule has 3 nitrogen and oxygen atoms in total. The van der Waals surface area contributed by atoms with Crippen molar-refractivity contribution in [3.63, 3.8) is 0 Å².